The molecule has 1 unspecified atom stereocenters. The molecule has 8 nitrogen and oxygen atoms in total. The number of hydrogen-bond acceptors (Lipinski definition) is 7. The number of piperazine rings is 1. The molecule has 32 heavy (non-hydrogen) atoms. The van der Waals surface area contributed by atoms with Crippen molar-refractivity contribution in [1.82, 2.24) is 30.0 Å². The van der Waals surface area contributed by atoms with Gasteiger partial charge < -0.3 is 14.4 Å². The fourth-order valence-corrected chi connectivity index (χ4v) is 4.09. The normalized spacial score (nSPS) is 16.1. The highest BCUT2D eigenvalue weighted by Gasteiger charge is 2.30. The van der Waals surface area contributed by atoms with Crippen LogP contribution in [0.4, 0.5) is 4.39 Å². The van der Waals surface area contributed by atoms with E-state index in [1.165, 1.54) is 12.1 Å². The number of halogens is 1. The first kappa shape index (κ1) is 22.2. The lowest BCUT2D eigenvalue weighted by Crippen LogP contribution is -2.46. The van der Waals surface area contributed by atoms with Gasteiger partial charge in [0.2, 0.25) is 0 Å². The lowest BCUT2D eigenvalue weighted by Gasteiger charge is -2.37. The molecule has 170 valence electrons. The Morgan fingerprint density at radius 3 is 2.38 bits per heavy atom. The van der Waals surface area contributed by atoms with Crippen LogP contribution in [0.25, 0.3) is 0 Å². The van der Waals surface area contributed by atoms with Crippen molar-refractivity contribution in [1.29, 1.82) is 0 Å². The summed E-state index contributed by atoms with van der Waals surface area (Å²) in [5, 5.41) is 12.6. The second-order valence-corrected chi connectivity index (χ2v) is 7.99. The van der Waals surface area contributed by atoms with Gasteiger partial charge in [0, 0.05) is 32.7 Å². The molecule has 1 aliphatic heterocycles. The molecule has 0 bridgehead atoms. The number of aromatic nitrogens is 4. The van der Waals surface area contributed by atoms with Crippen molar-refractivity contribution in [3.8, 4) is 11.5 Å². The quantitative estimate of drug-likeness (QED) is 0.533. The number of methoxy groups -OCH3 is 2. The number of ether oxygens (including phenoxy) is 2. The number of tetrazole rings is 1. The van der Waals surface area contributed by atoms with Crippen LogP contribution in [0.5, 0.6) is 11.5 Å². The number of benzene rings is 2. The molecule has 0 radical (unpaired) electrons. The third-order valence-electron chi connectivity index (χ3n) is 5.95. The van der Waals surface area contributed by atoms with Crippen LogP contribution in [0.3, 0.4) is 0 Å². The van der Waals surface area contributed by atoms with Gasteiger partial charge in [-0.05, 0) is 59.3 Å². The molecule has 3 aromatic rings. The summed E-state index contributed by atoms with van der Waals surface area (Å²) in [5.74, 6) is 1.91. The van der Waals surface area contributed by atoms with E-state index in [2.05, 4.69) is 32.4 Å². The van der Waals surface area contributed by atoms with E-state index in [9.17, 15) is 4.39 Å². The van der Waals surface area contributed by atoms with Crippen LogP contribution in [0, 0.1) is 5.82 Å². The Labute approximate surface area is 187 Å². The molecule has 1 fully saturated rings. The molecule has 0 spiro atoms. The molecule has 1 aliphatic rings. The molecule has 0 aliphatic carbocycles. The lowest BCUT2D eigenvalue weighted by atomic mass is 10.0. The van der Waals surface area contributed by atoms with Crippen LogP contribution >= 0.6 is 0 Å². The Morgan fingerprint density at radius 2 is 1.69 bits per heavy atom. The van der Waals surface area contributed by atoms with Crippen LogP contribution in [0.1, 0.15) is 23.0 Å². The number of nitrogens with zero attached hydrogens (tertiary/aromatic N) is 6. The van der Waals surface area contributed by atoms with Gasteiger partial charge in [0.15, 0.2) is 17.3 Å². The van der Waals surface area contributed by atoms with Crippen molar-refractivity contribution < 1.29 is 13.9 Å². The van der Waals surface area contributed by atoms with Crippen LogP contribution in [0.15, 0.2) is 42.5 Å². The Bertz CT molecular complexity index is 1020. The molecule has 0 N–H and O–H groups in total. The average Bonchev–Trinajstić information content (AvgIpc) is 3.28. The number of rotatable bonds is 8. The predicted octanol–water partition coefficient (Wildman–Crippen LogP) is 2.41. The topological polar surface area (TPSA) is 68.5 Å². The molecule has 1 atom stereocenters. The van der Waals surface area contributed by atoms with Gasteiger partial charge in [0.05, 0.1) is 20.3 Å². The van der Waals surface area contributed by atoms with Crippen LogP contribution in [-0.2, 0) is 13.0 Å². The Kier molecular flexibility index (Phi) is 6.96. The van der Waals surface area contributed by atoms with Crippen molar-refractivity contribution in [3.05, 3.63) is 65.2 Å². The minimum absolute atomic E-state index is 0.135. The summed E-state index contributed by atoms with van der Waals surface area (Å²) in [6.45, 7) is 4.32. The van der Waals surface area contributed by atoms with Gasteiger partial charge in [-0.15, -0.1) is 5.10 Å². The first-order chi connectivity index (χ1) is 15.6. The summed E-state index contributed by atoms with van der Waals surface area (Å²) >= 11 is 0. The van der Waals surface area contributed by atoms with E-state index < -0.39 is 0 Å². The second kappa shape index (κ2) is 10.1. The summed E-state index contributed by atoms with van der Waals surface area (Å²) < 4.78 is 26.2. The van der Waals surface area contributed by atoms with Gasteiger partial charge in [-0.2, -0.15) is 0 Å². The number of likely N-dealkylation sites (N-methyl/N-ethyl adjacent to an activating group) is 1. The number of aryl methyl sites for hydroxylation is 2. The zero-order chi connectivity index (χ0) is 22.5. The Morgan fingerprint density at radius 1 is 0.969 bits per heavy atom. The van der Waals surface area contributed by atoms with E-state index in [1.807, 2.05) is 35.0 Å². The van der Waals surface area contributed by atoms with E-state index in [1.54, 1.807) is 14.2 Å². The summed E-state index contributed by atoms with van der Waals surface area (Å²) in [5.41, 5.74) is 2.08. The molecule has 2 heterocycles. The molecule has 1 saturated heterocycles. The molecular weight excluding hydrogens is 411 g/mol. The van der Waals surface area contributed by atoms with E-state index in [4.69, 9.17) is 9.47 Å². The highest BCUT2D eigenvalue weighted by molar-refractivity contribution is 5.42. The third kappa shape index (κ3) is 4.89. The summed E-state index contributed by atoms with van der Waals surface area (Å²) in [4.78, 5) is 4.67. The molecular formula is C23H29FN6O2. The van der Waals surface area contributed by atoms with Gasteiger partial charge in [0.25, 0.3) is 0 Å². The van der Waals surface area contributed by atoms with Gasteiger partial charge >= 0.3 is 0 Å². The highest BCUT2D eigenvalue weighted by atomic mass is 19.1. The van der Waals surface area contributed by atoms with Crippen LogP contribution in [0.2, 0.25) is 0 Å². The first-order valence-corrected chi connectivity index (χ1v) is 10.7. The second-order valence-electron chi connectivity index (χ2n) is 7.99. The van der Waals surface area contributed by atoms with Crippen molar-refractivity contribution in [3.63, 3.8) is 0 Å². The summed E-state index contributed by atoms with van der Waals surface area (Å²) in [7, 11) is 5.38. The van der Waals surface area contributed by atoms with E-state index >= 15 is 0 Å². The molecule has 1 aromatic heterocycles. The fraction of sp³-hybridized carbons (Fsp3) is 0.435. The maximum absolute atomic E-state index is 13.6. The zero-order valence-electron chi connectivity index (χ0n) is 18.7. The van der Waals surface area contributed by atoms with Crippen molar-refractivity contribution >= 4 is 0 Å². The molecule has 9 heteroatoms. The standard InChI is InChI=1S/C23H29FN6O2/c1-28-12-14-29(15-13-28)22(18-5-7-19(24)8-6-18)23-25-26-27-30(23)11-10-17-4-9-20(31-2)21(16-17)32-3/h4-9,16,22H,10-15H2,1-3H3. The van der Waals surface area contributed by atoms with Crippen molar-refractivity contribution in [2.24, 2.45) is 0 Å². The largest absolute Gasteiger partial charge is 0.493 e. The average molecular weight is 441 g/mol. The minimum Gasteiger partial charge on any atom is -0.493 e. The minimum atomic E-state index is -0.251. The van der Waals surface area contributed by atoms with E-state index in [0.717, 1.165) is 49.6 Å². The first-order valence-electron chi connectivity index (χ1n) is 10.7. The third-order valence-corrected chi connectivity index (χ3v) is 5.95. The van der Waals surface area contributed by atoms with Gasteiger partial charge in [-0.1, -0.05) is 18.2 Å². The van der Waals surface area contributed by atoms with E-state index in [-0.39, 0.29) is 11.9 Å². The SMILES string of the molecule is COc1ccc(CCn2nnnc2C(c2ccc(F)cc2)N2CCN(C)CC2)cc1OC. The van der Waals surface area contributed by atoms with Crippen LogP contribution < -0.4 is 9.47 Å². The van der Waals surface area contributed by atoms with Gasteiger partial charge in [0.1, 0.15) is 5.82 Å². The summed E-state index contributed by atoms with van der Waals surface area (Å²) in [6, 6.07) is 12.4. The van der Waals surface area contributed by atoms with Gasteiger partial charge in [-0.25, -0.2) is 9.07 Å². The molecule has 0 amide bonds. The Hall–Kier alpha value is -3.04. The van der Waals surface area contributed by atoms with Crippen LogP contribution in [-0.4, -0.2) is 77.5 Å². The van der Waals surface area contributed by atoms with Crippen molar-refractivity contribution in [2.45, 2.75) is 19.0 Å². The molecule has 2 aromatic carbocycles. The summed E-state index contributed by atoms with van der Waals surface area (Å²) in [6.07, 6.45) is 0.733. The fourth-order valence-electron chi connectivity index (χ4n) is 4.09. The zero-order valence-corrected chi connectivity index (χ0v) is 18.7. The van der Waals surface area contributed by atoms with Crippen molar-refractivity contribution in [2.75, 3.05) is 47.4 Å². The highest BCUT2D eigenvalue weighted by Crippen LogP contribution is 2.30. The lowest BCUT2D eigenvalue weighted by molar-refractivity contribution is 0.121. The molecule has 0 saturated carbocycles. The smallest absolute Gasteiger partial charge is 0.173 e. The predicted molar refractivity (Wildman–Crippen MR) is 118 cm³/mol. The monoisotopic (exact) mass is 440 g/mol. The molecule has 4 rings (SSSR count). The number of hydrogen-bond donors (Lipinski definition) is 0. The maximum atomic E-state index is 13.6. The Balaban J connectivity index is 1.58. The maximum Gasteiger partial charge on any atom is 0.173 e. The van der Waals surface area contributed by atoms with Gasteiger partial charge in [-0.3, -0.25) is 4.90 Å². The van der Waals surface area contributed by atoms with E-state index in [0.29, 0.717) is 18.0 Å².